The van der Waals surface area contributed by atoms with Gasteiger partial charge < -0.3 is 4.90 Å². The van der Waals surface area contributed by atoms with Crippen LogP contribution >= 0.6 is 15.9 Å². The van der Waals surface area contributed by atoms with Crippen LogP contribution in [-0.2, 0) is 49.7 Å². The molecule has 0 fully saturated rings. The van der Waals surface area contributed by atoms with Crippen LogP contribution in [0.5, 0.6) is 0 Å². The Balaban J connectivity index is 0.000000160. The summed E-state index contributed by atoms with van der Waals surface area (Å²) in [6, 6.07) is 118. The van der Waals surface area contributed by atoms with Gasteiger partial charge in [-0.3, -0.25) is 0 Å². The van der Waals surface area contributed by atoms with Gasteiger partial charge in [0, 0.05) is 32.2 Å². The van der Waals surface area contributed by atoms with Crippen molar-refractivity contribution in [2.45, 2.75) is 202 Å². The summed E-state index contributed by atoms with van der Waals surface area (Å²) in [5.74, 6) is 0. The van der Waals surface area contributed by atoms with Gasteiger partial charge in [0.05, 0.1) is 5.69 Å². The second-order valence-corrected chi connectivity index (χ2v) is 41.0. The van der Waals surface area contributed by atoms with Crippen LogP contribution < -0.4 is 4.90 Å². The average molecular weight is 1600 g/mol. The Hall–Kier alpha value is -10.6. The van der Waals surface area contributed by atoms with Crippen molar-refractivity contribution in [3.63, 3.8) is 0 Å². The van der Waals surface area contributed by atoms with Gasteiger partial charge in [-0.1, -0.05) is 441 Å². The molecule has 2 aliphatic carbocycles. The Kier molecular flexibility index (Phi) is 22.7. The number of hydrogen-bond acceptors (Lipinski definition) is 1. The highest BCUT2D eigenvalue weighted by Crippen LogP contribution is 2.54. The van der Waals surface area contributed by atoms with Crippen LogP contribution in [0.3, 0.4) is 0 Å². The van der Waals surface area contributed by atoms with E-state index in [9.17, 15) is 0 Å². The minimum atomic E-state index is -0.118. The van der Waals surface area contributed by atoms with Crippen LogP contribution in [0.4, 0.5) is 17.1 Å². The molecule has 0 saturated carbocycles. The summed E-state index contributed by atoms with van der Waals surface area (Å²) in [5, 5.41) is 0. The van der Waals surface area contributed by atoms with Crippen molar-refractivity contribution in [3.05, 3.63) is 387 Å². The van der Waals surface area contributed by atoms with Gasteiger partial charge in [0.2, 0.25) is 0 Å². The molecule has 0 amide bonds. The number of hydrogen-bond donors (Lipinski definition) is 0. The van der Waals surface area contributed by atoms with Crippen LogP contribution in [-0.4, -0.2) is 0 Å². The number of rotatable bonds is 11. The van der Waals surface area contributed by atoms with Gasteiger partial charge in [-0.05, 0) is 232 Å². The van der Waals surface area contributed by atoms with E-state index in [1.54, 1.807) is 0 Å². The fourth-order valence-corrected chi connectivity index (χ4v) is 17.5. The lowest BCUT2D eigenvalue weighted by Gasteiger charge is -2.31. The Labute approximate surface area is 710 Å². The summed E-state index contributed by atoms with van der Waals surface area (Å²) in [6.45, 7) is 50.8. The fraction of sp³-hybridized carbons (Fsp3) is 0.270. The molecular formula is C115H120BrN. The maximum Gasteiger partial charge on any atom is 0.0540 e. The van der Waals surface area contributed by atoms with E-state index >= 15 is 0 Å². The molecule has 0 spiro atoms. The van der Waals surface area contributed by atoms with Crippen molar-refractivity contribution in [3.8, 4) is 89.0 Å². The molecule has 0 atom stereocenters. The van der Waals surface area contributed by atoms with Crippen LogP contribution in [0.2, 0.25) is 0 Å². The smallest absolute Gasteiger partial charge is 0.0540 e. The largest absolute Gasteiger partial charge is 0.310 e. The molecule has 0 saturated heterocycles. The molecule has 0 aromatic heterocycles. The van der Waals surface area contributed by atoms with Gasteiger partial charge in [-0.25, -0.2) is 0 Å². The summed E-state index contributed by atoms with van der Waals surface area (Å²) in [6.07, 6.45) is 0.949. The van der Waals surface area contributed by atoms with Crippen molar-refractivity contribution in [1.82, 2.24) is 0 Å². The minimum Gasteiger partial charge on any atom is -0.310 e. The van der Waals surface area contributed by atoms with Crippen molar-refractivity contribution in [1.29, 1.82) is 0 Å². The van der Waals surface area contributed by atoms with Crippen molar-refractivity contribution < 1.29 is 0 Å². The van der Waals surface area contributed by atoms with Crippen molar-refractivity contribution >= 4 is 33.0 Å². The number of nitrogens with zero attached hydrogens (tertiary/aromatic N) is 1. The molecule has 0 radical (unpaired) electrons. The molecule has 2 heteroatoms. The molecular weight excluding hydrogens is 1480 g/mol. The molecule has 592 valence electrons. The second-order valence-electron chi connectivity index (χ2n) is 40.1. The number of benzene rings is 14. The second kappa shape index (κ2) is 32.0. The van der Waals surface area contributed by atoms with Gasteiger partial charge in [-0.2, -0.15) is 0 Å². The molecule has 14 aromatic carbocycles. The summed E-state index contributed by atoms with van der Waals surface area (Å²) in [5.41, 5.74) is 40.8. The normalized spacial score (nSPS) is 13.4. The van der Waals surface area contributed by atoms with Gasteiger partial charge in [0.1, 0.15) is 0 Å². The van der Waals surface area contributed by atoms with E-state index < -0.39 is 0 Å². The molecule has 0 bridgehead atoms. The SMILES string of the molecule is CC(C)(C)c1cc(-c2ccc(-c3cc(C(C)(C)C)cc(C(C)(C)C)c3)cc2)cc(N(c2ccc3c(c2)C(C)(C)c2ccccc2-3)c2ccccc2-c2ccccc2)c1.CC(C)(C)c1cc(Br)cc(-c2ccc(-c3cc(C(C)(C)C)cc(C(C)(C)C)c3)cc2)c1.CC1(C)c2ccccc2-c2ccc(Cc3ccccc3-c3ccccc3)cc21. The number of para-hydroxylation sites is 1. The highest BCUT2D eigenvalue weighted by atomic mass is 79.9. The van der Waals surface area contributed by atoms with Crippen LogP contribution in [0, 0.1) is 0 Å². The lowest BCUT2D eigenvalue weighted by molar-refractivity contribution is 0.568. The lowest BCUT2D eigenvalue weighted by Crippen LogP contribution is -2.18. The Morgan fingerprint density at radius 2 is 0.556 bits per heavy atom. The first kappa shape index (κ1) is 82.9. The Morgan fingerprint density at radius 3 is 0.991 bits per heavy atom. The zero-order valence-electron chi connectivity index (χ0n) is 73.6. The predicted molar refractivity (Wildman–Crippen MR) is 511 cm³/mol. The average Bonchev–Trinajstić information content (AvgIpc) is 1.60. The molecule has 0 unspecified atom stereocenters. The van der Waals surface area contributed by atoms with E-state index in [-0.39, 0.29) is 43.3 Å². The Bertz CT molecular complexity index is 5870. The van der Waals surface area contributed by atoms with Crippen LogP contribution in [0.25, 0.3) is 89.0 Å². The molecule has 14 aromatic rings. The van der Waals surface area contributed by atoms with Crippen LogP contribution in [0.15, 0.2) is 320 Å². The first-order valence-electron chi connectivity index (χ1n) is 42.2. The van der Waals surface area contributed by atoms with Crippen molar-refractivity contribution in [2.24, 2.45) is 0 Å². The van der Waals surface area contributed by atoms with E-state index in [1.807, 2.05) is 0 Å². The van der Waals surface area contributed by atoms with Crippen LogP contribution in [0.1, 0.15) is 219 Å². The number of halogens is 1. The number of anilines is 3. The monoisotopic (exact) mass is 1590 g/mol. The van der Waals surface area contributed by atoms with Gasteiger partial charge in [-0.15, -0.1) is 0 Å². The van der Waals surface area contributed by atoms with E-state index in [0.29, 0.717) is 0 Å². The molecule has 16 rings (SSSR count). The third kappa shape index (κ3) is 17.8. The summed E-state index contributed by atoms with van der Waals surface area (Å²) in [4.78, 5) is 2.50. The molecule has 0 N–H and O–H groups in total. The highest BCUT2D eigenvalue weighted by molar-refractivity contribution is 9.10. The molecule has 2 aliphatic rings. The first-order valence-corrected chi connectivity index (χ1v) is 43.0. The van der Waals surface area contributed by atoms with E-state index in [1.165, 1.54) is 156 Å². The summed E-state index contributed by atoms with van der Waals surface area (Å²) >= 11 is 3.71. The Morgan fingerprint density at radius 1 is 0.231 bits per heavy atom. The first-order chi connectivity index (χ1) is 55.2. The molecule has 117 heavy (non-hydrogen) atoms. The zero-order chi connectivity index (χ0) is 83.5. The maximum atomic E-state index is 3.71. The minimum absolute atomic E-state index is 0.0564. The molecule has 0 aliphatic heterocycles. The number of fused-ring (bicyclic) bond motifs is 6. The standard InChI is InChI=1S/C57H59N.C30H37Br.C28H24/c1-54(2,3)43-31-41(32-44(35-43)55(4,5)6)38-25-27-39(28-26-38)42-33-45(56(7,8)9)36-47(34-42)58(53-24-18-16-21-48(53)40-19-13-12-14-20-40)46-29-30-50-49-22-15-17-23-51(49)57(10,11)52(50)37-46;1-28(2,3)24-14-22(15-25(18-24)29(4,5)6)20-10-12-21(13-11-20)23-16-26(30(7,8)9)19-27(31)17-23;1-28(2)26-15-9-8-14-24(26)25-17-16-20(19-27(25)28)18-22-12-6-7-13-23(22)21-10-4-3-5-11-21/h12-37H,1-11H3;10-19H,1-9H3;3-17,19H,18H2,1-2H3. The summed E-state index contributed by atoms with van der Waals surface area (Å²) < 4.78 is 1.13. The third-order valence-corrected chi connectivity index (χ3v) is 24.9. The topological polar surface area (TPSA) is 3.24 Å². The van der Waals surface area contributed by atoms with E-state index in [4.69, 9.17) is 0 Å². The molecule has 0 heterocycles. The third-order valence-electron chi connectivity index (χ3n) is 24.4. The lowest BCUT2D eigenvalue weighted by atomic mass is 9.79. The van der Waals surface area contributed by atoms with Gasteiger partial charge in [0.15, 0.2) is 0 Å². The fourth-order valence-electron chi connectivity index (χ4n) is 17.0. The predicted octanol–water partition coefficient (Wildman–Crippen LogP) is 33.3. The van der Waals surface area contributed by atoms with Gasteiger partial charge >= 0.3 is 0 Å². The molecule has 1 nitrogen and oxygen atoms in total. The highest BCUT2D eigenvalue weighted by Gasteiger charge is 2.38. The summed E-state index contributed by atoms with van der Waals surface area (Å²) in [7, 11) is 0. The quantitative estimate of drug-likeness (QED) is 0.125. The van der Waals surface area contributed by atoms with Gasteiger partial charge in [0.25, 0.3) is 0 Å². The van der Waals surface area contributed by atoms with Crippen molar-refractivity contribution in [2.75, 3.05) is 4.90 Å². The maximum absolute atomic E-state index is 3.71. The zero-order valence-corrected chi connectivity index (χ0v) is 75.1. The van der Waals surface area contributed by atoms with E-state index in [2.05, 4.69) is 489 Å². The van der Waals surface area contributed by atoms with E-state index in [0.717, 1.165) is 28.0 Å².